The fourth-order valence-corrected chi connectivity index (χ4v) is 3.44. The Labute approximate surface area is 143 Å². The van der Waals surface area contributed by atoms with E-state index in [2.05, 4.69) is 29.2 Å². The van der Waals surface area contributed by atoms with Crippen molar-refractivity contribution in [2.45, 2.75) is 32.2 Å². The maximum atomic E-state index is 13.6. The summed E-state index contributed by atoms with van der Waals surface area (Å²) in [6.07, 6.45) is 2.90. The molecule has 3 rings (SSSR count). The molecule has 126 valence electrons. The standard InChI is InChI=1S/C21H24FNO/c22-21-9-5-4-8-19(21)15-20(24)14-17-10-12-23(13-11-17)16-18-6-2-1-3-7-18/h1-9,17H,10-16H2. The van der Waals surface area contributed by atoms with Crippen molar-refractivity contribution in [2.75, 3.05) is 13.1 Å². The Bertz CT molecular complexity index is 663. The van der Waals surface area contributed by atoms with Gasteiger partial charge in [0.15, 0.2) is 0 Å². The molecule has 1 fully saturated rings. The van der Waals surface area contributed by atoms with Crippen LogP contribution in [0.25, 0.3) is 0 Å². The lowest BCUT2D eigenvalue weighted by Crippen LogP contribution is -2.34. The molecule has 2 nitrogen and oxygen atoms in total. The maximum absolute atomic E-state index is 13.6. The van der Waals surface area contributed by atoms with Gasteiger partial charge in [-0.15, -0.1) is 0 Å². The van der Waals surface area contributed by atoms with Crippen molar-refractivity contribution in [2.24, 2.45) is 5.92 Å². The normalized spacial score (nSPS) is 16.2. The lowest BCUT2D eigenvalue weighted by Gasteiger charge is -2.31. The number of likely N-dealkylation sites (tertiary alicyclic amines) is 1. The van der Waals surface area contributed by atoms with Crippen LogP contribution in [-0.4, -0.2) is 23.8 Å². The second-order valence-electron chi connectivity index (χ2n) is 6.72. The molecule has 0 unspecified atom stereocenters. The van der Waals surface area contributed by atoms with Crippen LogP contribution in [0.3, 0.4) is 0 Å². The number of carbonyl (C=O) groups excluding carboxylic acids is 1. The number of carbonyl (C=O) groups is 1. The molecule has 0 spiro atoms. The van der Waals surface area contributed by atoms with E-state index in [1.165, 1.54) is 11.6 Å². The minimum atomic E-state index is -0.275. The van der Waals surface area contributed by atoms with Gasteiger partial charge in [0.2, 0.25) is 0 Å². The Hall–Kier alpha value is -2.00. The van der Waals surface area contributed by atoms with E-state index in [-0.39, 0.29) is 18.0 Å². The van der Waals surface area contributed by atoms with Crippen LogP contribution in [-0.2, 0) is 17.8 Å². The van der Waals surface area contributed by atoms with Crippen LogP contribution in [0.4, 0.5) is 4.39 Å². The molecule has 0 saturated carbocycles. The van der Waals surface area contributed by atoms with Crippen LogP contribution in [0.2, 0.25) is 0 Å². The van der Waals surface area contributed by atoms with Crippen LogP contribution < -0.4 is 0 Å². The fraction of sp³-hybridized carbons (Fsp3) is 0.381. The van der Waals surface area contributed by atoms with Gasteiger partial charge < -0.3 is 0 Å². The van der Waals surface area contributed by atoms with E-state index in [4.69, 9.17) is 0 Å². The number of hydrogen-bond donors (Lipinski definition) is 0. The van der Waals surface area contributed by atoms with E-state index in [1.54, 1.807) is 18.2 Å². The summed E-state index contributed by atoms with van der Waals surface area (Å²) in [7, 11) is 0. The Morgan fingerprint density at radius 2 is 1.67 bits per heavy atom. The van der Waals surface area contributed by atoms with Gasteiger partial charge in [-0.25, -0.2) is 4.39 Å². The minimum absolute atomic E-state index is 0.154. The first kappa shape index (κ1) is 16.8. The number of piperidine rings is 1. The Morgan fingerprint density at radius 3 is 2.38 bits per heavy atom. The Morgan fingerprint density at radius 1 is 1.00 bits per heavy atom. The molecule has 1 heterocycles. The van der Waals surface area contributed by atoms with Crippen molar-refractivity contribution in [3.8, 4) is 0 Å². The molecule has 24 heavy (non-hydrogen) atoms. The van der Waals surface area contributed by atoms with Crippen LogP contribution in [0, 0.1) is 11.7 Å². The summed E-state index contributed by atoms with van der Waals surface area (Å²) in [5.41, 5.74) is 1.86. The van der Waals surface area contributed by atoms with E-state index in [9.17, 15) is 9.18 Å². The molecular weight excluding hydrogens is 301 g/mol. The van der Waals surface area contributed by atoms with Gasteiger partial charge in [0, 0.05) is 19.4 Å². The van der Waals surface area contributed by atoms with E-state index in [1.807, 2.05) is 6.07 Å². The summed E-state index contributed by atoms with van der Waals surface area (Å²) >= 11 is 0. The molecule has 0 aromatic heterocycles. The quantitative estimate of drug-likeness (QED) is 0.792. The summed E-state index contributed by atoms with van der Waals surface area (Å²) < 4.78 is 13.6. The average Bonchev–Trinajstić information content (AvgIpc) is 2.60. The fourth-order valence-electron chi connectivity index (χ4n) is 3.44. The molecule has 0 aliphatic carbocycles. The molecule has 1 saturated heterocycles. The average molecular weight is 325 g/mol. The van der Waals surface area contributed by atoms with E-state index >= 15 is 0 Å². The third-order valence-corrected chi connectivity index (χ3v) is 4.82. The lowest BCUT2D eigenvalue weighted by atomic mass is 9.90. The third kappa shape index (κ3) is 4.75. The number of nitrogens with zero attached hydrogens (tertiary/aromatic N) is 1. The largest absolute Gasteiger partial charge is 0.299 e. The van der Waals surface area contributed by atoms with Gasteiger partial charge in [-0.05, 0) is 49.0 Å². The van der Waals surface area contributed by atoms with Gasteiger partial charge in [0.1, 0.15) is 11.6 Å². The van der Waals surface area contributed by atoms with E-state index < -0.39 is 0 Å². The molecule has 0 amide bonds. The molecule has 2 aromatic carbocycles. The Balaban J connectivity index is 1.43. The van der Waals surface area contributed by atoms with Crippen molar-refractivity contribution in [1.82, 2.24) is 4.90 Å². The number of benzene rings is 2. The SMILES string of the molecule is O=C(Cc1ccccc1F)CC1CCN(Cc2ccccc2)CC1. The summed E-state index contributed by atoms with van der Waals surface area (Å²) in [6.45, 7) is 3.05. The van der Waals surface area contributed by atoms with Crippen LogP contribution >= 0.6 is 0 Å². The zero-order chi connectivity index (χ0) is 16.8. The van der Waals surface area contributed by atoms with Crippen LogP contribution in [0.5, 0.6) is 0 Å². The highest BCUT2D eigenvalue weighted by molar-refractivity contribution is 5.81. The summed E-state index contributed by atoms with van der Waals surface area (Å²) in [4.78, 5) is 14.7. The first-order valence-electron chi connectivity index (χ1n) is 8.72. The second-order valence-corrected chi connectivity index (χ2v) is 6.72. The first-order chi connectivity index (χ1) is 11.7. The van der Waals surface area contributed by atoms with Gasteiger partial charge in [-0.1, -0.05) is 48.5 Å². The van der Waals surface area contributed by atoms with Crippen molar-refractivity contribution in [3.63, 3.8) is 0 Å². The molecule has 2 aromatic rings. The maximum Gasteiger partial charge on any atom is 0.137 e. The highest BCUT2D eigenvalue weighted by Crippen LogP contribution is 2.23. The molecule has 0 radical (unpaired) electrons. The first-order valence-corrected chi connectivity index (χ1v) is 8.72. The second kappa shape index (κ2) is 8.20. The predicted molar refractivity (Wildman–Crippen MR) is 94.2 cm³/mol. The van der Waals surface area contributed by atoms with Crippen molar-refractivity contribution in [1.29, 1.82) is 0 Å². The monoisotopic (exact) mass is 325 g/mol. The predicted octanol–water partition coefficient (Wildman–Crippen LogP) is 4.24. The number of ketones is 1. The summed E-state index contributed by atoms with van der Waals surface area (Å²) in [5.74, 6) is 0.321. The van der Waals surface area contributed by atoms with Gasteiger partial charge in [-0.2, -0.15) is 0 Å². The van der Waals surface area contributed by atoms with Gasteiger partial charge in [-0.3, -0.25) is 9.69 Å². The van der Waals surface area contributed by atoms with Gasteiger partial charge in [0.05, 0.1) is 0 Å². The van der Waals surface area contributed by atoms with Crippen LogP contribution in [0.15, 0.2) is 54.6 Å². The van der Waals surface area contributed by atoms with Crippen molar-refractivity contribution < 1.29 is 9.18 Å². The third-order valence-electron chi connectivity index (χ3n) is 4.82. The summed E-state index contributed by atoms with van der Waals surface area (Å²) in [6, 6.07) is 17.1. The smallest absolute Gasteiger partial charge is 0.137 e. The lowest BCUT2D eigenvalue weighted by molar-refractivity contribution is -0.119. The van der Waals surface area contributed by atoms with Gasteiger partial charge in [0.25, 0.3) is 0 Å². The molecule has 0 N–H and O–H groups in total. The molecule has 3 heteroatoms. The Kier molecular flexibility index (Phi) is 5.76. The summed E-state index contributed by atoms with van der Waals surface area (Å²) in [5, 5.41) is 0. The van der Waals surface area contributed by atoms with Gasteiger partial charge >= 0.3 is 0 Å². The van der Waals surface area contributed by atoms with E-state index in [0.717, 1.165) is 32.5 Å². The van der Waals surface area contributed by atoms with Crippen molar-refractivity contribution >= 4 is 5.78 Å². The number of rotatable bonds is 6. The molecule has 1 aliphatic rings. The zero-order valence-corrected chi connectivity index (χ0v) is 14.0. The highest BCUT2D eigenvalue weighted by atomic mass is 19.1. The highest BCUT2D eigenvalue weighted by Gasteiger charge is 2.22. The number of hydrogen-bond acceptors (Lipinski definition) is 2. The van der Waals surface area contributed by atoms with E-state index in [0.29, 0.717) is 17.9 Å². The van der Waals surface area contributed by atoms with Crippen molar-refractivity contribution in [3.05, 3.63) is 71.5 Å². The minimum Gasteiger partial charge on any atom is -0.299 e. The zero-order valence-electron chi connectivity index (χ0n) is 14.0. The molecule has 1 aliphatic heterocycles. The molecule has 0 bridgehead atoms. The number of halogens is 1. The topological polar surface area (TPSA) is 20.3 Å². The molecular formula is C21H24FNO. The van der Waals surface area contributed by atoms with Crippen LogP contribution in [0.1, 0.15) is 30.4 Å². The number of Topliss-reactive ketones (excluding diaryl/α,β-unsaturated/α-hetero) is 1. The molecule has 0 atom stereocenters.